The molecule has 2 atom stereocenters. The Balaban J connectivity index is 2.79. The van der Waals surface area contributed by atoms with Gasteiger partial charge in [-0.3, -0.25) is 0 Å². The summed E-state index contributed by atoms with van der Waals surface area (Å²) in [6, 6.07) is 4.72. The third kappa shape index (κ3) is 6.30. The number of pyridine rings is 1. The van der Waals surface area contributed by atoms with Crippen LogP contribution in [0.3, 0.4) is 0 Å². The van der Waals surface area contributed by atoms with E-state index in [9.17, 15) is 9.59 Å². The zero-order valence-corrected chi connectivity index (χ0v) is 15.4. The van der Waals surface area contributed by atoms with Gasteiger partial charge in [-0.2, -0.15) is 0 Å². The van der Waals surface area contributed by atoms with Crippen LogP contribution in [-0.2, 0) is 9.47 Å². The smallest absolute Gasteiger partial charge is 0.357 e. The maximum Gasteiger partial charge on any atom is 0.357 e. The normalized spacial score (nSPS) is 13.4. The van der Waals surface area contributed by atoms with Gasteiger partial charge >= 0.3 is 11.9 Å². The van der Waals surface area contributed by atoms with Gasteiger partial charge in [-0.15, -0.1) is 0 Å². The summed E-state index contributed by atoms with van der Waals surface area (Å²) in [5.41, 5.74) is 0.262. The van der Waals surface area contributed by atoms with Crippen LogP contribution >= 0.6 is 0 Å². The summed E-state index contributed by atoms with van der Waals surface area (Å²) >= 11 is 0. The van der Waals surface area contributed by atoms with Gasteiger partial charge in [0.15, 0.2) is 0 Å². The Morgan fingerprint density at radius 1 is 0.958 bits per heavy atom. The minimum atomic E-state index is -0.514. The van der Waals surface area contributed by atoms with Crippen LogP contribution in [0.1, 0.15) is 81.3 Å². The average Bonchev–Trinajstić information content (AvgIpc) is 2.54. The molecule has 24 heavy (non-hydrogen) atoms. The van der Waals surface area contributed by atoms with E-state index in [1.165, 1.54) is 0 Å². The summed E-state index contributed by atoms with van der Waals surface area (Å²) in [5, 5.41) is 0. The number of rotatable bonds is 9. The van der Waals surface area contributed by atoms with Crippen LogP contribution < -0.4 is 0 Å². The molecular weight excluding hydrogens is 306 g/mol. The van der Waals surface area contributed by atoms with Crippen LogP contribution in [0.25, 0.3) is 0 Å². The Morgan fingerprint density at radius 3 is 2.00 bits per heavy atom. The number of carbonyl (C=O) groups excluding carboxylic acids is 2. The largest absolute Gasteiger partial charge is 0.458 e. The van der Waals surface area contributed by atoms with E-state index < -0.39 is 11.9 Å². The fourth-order valence-electron chi connectivity index (χ4n) is 2.38. The van der Waals surface area contributed by atoms with Crippen LogP contribution in [0.15, 0.2) is 18.2 Å². The molecule has 1 aromatic rings. The highest BCUT2D eigenvalue weighted by Crippen LogP contribution is 2.15. The number of nitrogens with zero attached hydrogens (tertiary/aromatic N) is 1. The fraction of sp³-hybridized carbons (Fsp3) is 0.632. The van der Waals surface area contributed by atoms with E-state index in [0.717, 1.165) is 25.7 Å². The zero-order valence-electron chi connectivity index (χ0n) is 15.4. The summed E-state index contributed by atoms with van der Waals surface area (Å²) in [6.45, 7) is 9.96. The number of carbonyl (C=O) groups is 2. The molecule has 0 aromatic carbocycles. The molecule has 0 spiro atoms. The molecule has 1 rings (SSSR count). The monoisotopic (exact) mass is 335 g/mol. The first-order chi connectivity index (χ1) is 11.4. The number of esters is 2. The van der Waals surface area contributed by atoms with Crippen molar-refractivity contribution in [3.05, 3.63) is 29.6 Å². The van der Waals surface area contributed by atoms with Crippen molar-refractivity contribution in [2.24, 2.45) is 5.92 Å². The molecular formula is C19H29NO4. The molecule has 1 aromatic heterocycles. The second-order valence-electron chi connectivity index (χ2n) is 6.39. The third-order valence-corrected chi connectivity index (χ3v) is 3.75. The van der Waals surface area contributed by atoms with Gasteiger partial charge in [-0.05, 0) is 37.8 Å². The van der Waals surface area contributed by atoms with Gasteiger partial charge in [0.2, 0.25) is 0 Å². The predicted octanol–water partition coefficient (Wildman–Crippen LogP) is 4.41. The molecule has 0 saturated carbocycles. The van der Waals surface area contributed by atoms with E-state index in [4.69, 9.17) is 9.47 Å². The van der Waals surface area contributed by atoms with Crippen LogP contribution in [0.5, 0.6) is 0 Å². The van der Waals surface area contributed by atoms with E-state index in [1.807, 2.05) is 27.7 Å². The molecule has 0 bridgehead atoms. The molecule has 0 aliphatic heterocycles. The lowest BCUT2D eigenvalue weighted by atomic mass is 10.0. The highest BCUT2D eigenvalue weighted by Gasteiger charge is 2.21. The first-order valence-electron chi connectivity index (χ1n) is 8.78. The molecule has 5 nitrogen and oxygen atoms in total. The number of aromatic nitrogens is 1. The molecule has 134 valence electrons. The molecule has 0 saturated heterocycles. The first kappa shape index (κ1) is 20.1. The van der Waals surface area contributed by atoms with Crippen molar-refractivity contribution < 1.29 is 19.1 Å². The van der Waals surface area contributed by atoms with Gasteiger partial charge in [-0.25, -0.2) is 14.6 Å². The minimum Gasteiger partial charge on any atom is -0.458 e. The van der Waals surface area contributed by atoms with Gasteiger partial charge in [0.1, 0.15) is 17.5 Å². The molecule has 0 aliphatic rings. The van der Waals surface area contributed by atoms with Crippen molar-refractivity contribution in [3.63, 3.8) is 0 Å². The van der Waals surface area contributed by atoms with Crippen molar-refractivity contribution in [1.82, 2.24) is 4.98 Å². The van der Waals surface area contributed by atoms with Crippen molar-refractivity contribution in [2.75, 3.05) is 0 Å². The van der Waals surface area contributed by atoms with Crippen molar-refractivity contribution in [1.29, 1.82) is 0 Å². The van der Waals surface area contributed by atoms with Crippen LogP contribution in [0, 0.1) is 5.92 Å². The number of hydrogen-bond acceptors (Lipinski definition) is 5. The van der Waals surface area contributed by atoms with E-state index in [1.54, 1.807) is 18.2 Å². The SMILES string of the molecule is CCCC(C)OC(=O)c1cccc(C(=O)OC(CCC)C(C)C)n1. The quantitative estimate of drug-likeness (QED) is 0.625. The second-order valence-corrected chi connectivity index (χ2v) is 6.39. The third-order valence-electron chi connectivity index (χ3n) is 3.75. The lowest BCUT2D eigenvalue weighted by molar-refractivity contribution is 0.0150. The highest BCUT2D eigenvalue weighted by atomic mass is 16.5. The molecule has 0 amide bonds. The molecule has 5 heteroatoms. The Kier molecular flexibility index (Phi) is 8.44. The standard InChI is InChI=1S/C19H29NO4/c1-6-9-14(5)23-18(21)15-11-8-12-16(20-15)19(22)24-17(10-7-2)13(3)4/h8,11-14,17H,6-7,9-10H2,1-5H3. The summed E-state index contributed by atoms with van der Waals surface area (Å²) in [7, 11) is 0. The van der Waals surface area contributed by atoms with Crippen LogP contribution in [0.2, 0.25) is 0 Å². The highest BCUT2D eigenvalue weighted by molar-refractivity contribution is 5.91. The summed E-state index contributed by atoms with van der Waals surface area (Å²) in [6.07, 6.45) is 3.15. The first-order valence-corrected chi connectivity index (χ1v) is 8.78. The molecule has 0 N–H and O–H groups in total. The van der Waals surface area contributed by atoms with Crippen molar-refractivity contribution in [3.8, 4) is 0 Å². The van der Waals surface area contributed by atoms with E-state index in [0.29, 0.717) is 0 Å². The molecule has 0 radical (unpaired) electrons. The fourth-order valence-corrected chi connectivity index (χ4v) is 2.38. The number of hydrogen-bond donors (Lipinski definition) is 0. The van der Waals surface area contributed by atoms with E-state index >= 15 is 0 Å². The molecule has 2 unspecified atom stereocenters. The van der Waals surface area contributed by atoms with Crippen LogP contribution in [-0.4, -0.2) is 29.1 Å². The van der Waals surface area contributed by atoms with Gasteiger partial charge in [0, 0.05) is 0 Å². The van der Waals surface area contributed by atoms with Gasteiger partial charge in [-0.1, -0.05) is 46.6 Å². The second kappa shape index (κ2) is 10.1. The summed E-state index contributed by atoms with van der Waals surface area (Å²) < 4.78 is 10.9. The van der Waals surface area contributed by atoms with Crippen molar-refractivity contribution >= 4 is 11.9 Å². The topological polar surface area (TPSA) is 65.5 Å². The Labute approximate surface area is 144 Å². The molecule has 1 heterocycles. The lowest BCUT2D eigenvalue weighted by Crippen LogP contribution is -2.24. The van der Waals surface area contributed by atoms with Gasteiger partial charge in [0.25, 0.3) is 0 Å². The van der Waals surface area contributed by atoms with Crippen molar-refractivity contribution in [2.45, 2.75) is 72.5 Å². The molecule has 0 fully saturated rings. The zero-order chi connectivity index (χ0) is 18.1. The summed E-state index contributed by atoms with van der Waals surface area (Å²) in [4.78, 5) is 28.5. The molecule has 0 aliphatic carbocycles. The lowest BCUT2D eigenvalue weighted by Gasteiger charge is -2.20. The average molecular weight is 335 g/mol. The summed E-state index contributed by atoms with van der Waals surface area (Å²) in [5.74, 6) is -0.782. The predicted molar refractivity (Wildman–Crippen MR) is 93.0 cm³/mol. The van der Waals surface area contributed by atoms with Gasteiger partial charge in [0.05, 0.1) is 6.10 Å². The van der Waals surface area contributed by atoms with Crippen LogP contribution in [0.4, 0.5) is 0 Å². The van der Waals surface area contributed by atoms with E-state index in [2.05, 4.69) is 11.9 Å². The number of ether oxygens (including phenoxy) is 2. The Morgan fingerprint density at radius 2 is 1.50 bits per heavy atom. The Hall–Kier alpha value is -1.91. The van der Waals surface area contributed by atoms with E-state index in [-0.39, 0.29) is 29.5 Å². The van der Waals surface area contributed by atoms with Gasteiger partial charge < -0.3 is 9.47 Å². The maximum absolute atomic E-state index is 12.3. The Bertz CT molecular complexity index is 542. The maximum atomic E-state index is 12.3. The minimum absolute atomic E-state index is 0.129.